The summed E-state index contributed by atoms with van der Waals surface area (Å²) in [5.74, 6) is 0. The summed E-state index contributed by atoms with van der Waals surface area (Å²) < 4.78 is 6.20. The second-order valence-corrected chi connectivity index (χ2v) is 4.18. The Morgan fingerprint density at radius 1 is 1.50 bits per heavy atom. The van der Waals surface area contributed by atoms with Crippen LogP contribution in [0.2, 0.25) is 0 Å². The molecule has 0 radical (unpaired) electrons. The van der Waals surface area contributed by atoms with E-state index in [1.165, 1.54) is 0 Å². The molecule has 0 bridgehead atoms. The van der Waals surface area contributed by atoms with Crippen LogP contribution < -0.4 is 5.32 Å². The van der Waals surface area contributed by atoms with Gasteiger partial charge in [-0.05, 0) is 22.0 Å². The summed E-state index contributed by atoms with van der Waals surface area (Å²) >= 11 is 3.38. The van der Waals surface area contributed by atoms with E-state index in [9.17, 15) is 5.11 Å². The van der Waals surface area contributed by atoms with Crippen LogP contribution in [-0.4, -0.2) is 42.5 Å². The predicted molar refractivity (Wildman–Crippen MR) is 56.6 cm³/mol. The Hall–Kier alpha value is -0.520. The molecule has 14 heavy (non-hydrogen) atoms. The number of rotatable bonds is 1. The van der Waals surface area contributed by atoms with Crippen molar-refractivity contribution in [2.45, 2.75) is 6.23 Å². The van der Waals surface area contributed by atoms with Crippen LogP contribution in [0.5, 0.6) is 0 Å². The monoisotopic (exact) mass is 260 g/mol. The van der Waals surface area contributed by atoms with Gasteiger partial charge >= 0.3 is 0 Å². The minimum atomic E-state index is -0.602. The average molecular weight is 261 g/mol. The maximum absolute atomic E-state index is 9.71. The van der Waals surface area contributed by atoms with E-state index >= 15 is 0 Å². The number of morpholine rings is 1. The summed E-state index contributed by atoms with van der Waals surface area (Å²) in [7, 11) is 0. The van der Waals surface area contributed by atoms with Crippen LogP contribution in [-0.2, 0) is 4.74 Å². The van der Waals surface area contributed by atoms with Crippen LogP contribution in [0.3, 0.4) is 0 Å². The molecule has 0 aromatic carbocycles. The van der Waals surface area contributed by atoms with E-state index in [-0.39, 0.29) is 0 Å². The topological polar surface area (TPSA) is 44.7 Å². The molecule has 4 nitrogen and oxygen atoms in total. The summed E-state index contributed by atoms with van der Waals surface area (Å²) in [5, 5.41) is 12.6. The maximum atomic E-state index is 9.71. The number of hydrogen-bond acceptors (Lipinski definition) is 4. The van der Waals surface area contributed by atoms with E-state index in [2.05, 4.69) is 26.1 Å². The molecule has 1 saturated heterocycles. The molecule has 0 aromatic rings. The van der Waals surface area contributed by atoms with Crippen LogP contribution in [0.25, 0.3) is 0 Å². The van der Waals surface area contributed by atoms with Gasteiger partial charge in [-0.25, -0.2) is 0 Å². The molecule has 2 rings (SSSR count). The van der Waals surface area contributed by atoms with Gasteiger partial charge in [0.05, 0.1) is 18.9 Å². The summed E-state index contributed by atoms with van der Waals surface area (Å²) in [4.78, 5) is 2.13. The van der Waals surface area contributed by atoms with E-state index in [0.717, 1.165) is 36.5 Å². The zero-order valence-corrected chi connectivity index (χ0v) is 9.33. The van der Waals surface area contributed by atoms with Gasteiger partial charge in [-0.1, -0.05) is 0 Å². The van der Waals surface area contributed by atoms with Crippen LogP contribution >= 0.6 is 15.9 Å². The molecule has 2 heterocycles. The zero-order chi connectivity index (χ0) is 9.97. The lowest BCUT2D eigenvalue weighted by Gasteiger charge is -2.34. The Bertz CT molecular complexity index is 272. The Kier molecular flexibility index (Phi) is 3.10. The molecule has 0 aliphatic carbocycles. The molecule has 0 spiro atoms. The van der Waals surface area contributed by atoms with Crippen LogP contribution in [0.4, 0.5) is 0 Å². The maximum Gasteiger partial charge on any atom is 0.165 e. The highest BCUT2D eigenvalue weighted by molar-refractivity contribution is 9.11. The van der Waals surface area contributed by atoms with Crippen LogP contribution in [0.1, 0.15) is 0 Å². The first-order valence-corrected chi connectivity index (χ1v) is 5.41. The summed E-state index contributed by atoms with van der Waals surface area (Å²) in [6, 6.07) is 0. The fourth-order valence-corrected chi connectivity index (χ4v) is 1.96. The lowest BCUT2D eigenvalue weighted by Crippen LogP contribution is -2.43. The van der Waals surface area contributed by atoms with E-state index in [0.29, 0.717) is 0 Å². The van der Waals surface area contributed by atoms with E-state index < -0.39 is 6.23 Å². The lowest BCUT2D eigenvalue weighted by atomic mass is 10.2. The second kappa shape index (κ2) is 4.33. The SMILES string of the molecule is OC1NC=C(Br)C=C1N1CCOCC1. The van der Waals surface area contributed by atoms with Gasteiger partial charge in [0.2, 0.25) is 0 Å². The zero-order valence-electron chi connectivity index (χ0n) is 7.74. The molecule has 5 heteroatoms. The summed E-state index contributed by atoms with van der Waals surface area (Å²) in [5.41, 5.74) is 0.905. The normalized spacial score (nSPS) is 27.9. The number of halogens is 1. The predicted octanol–water partition coefficient (Wildman–Crippen LogP) is 0.360. The van der Waals surface area contributed by atoms with E-state index in [1.54, 1.807) is 6.20 Å². The van der Waals surface area contributed by atoms with Gasteiger partial charge in [-0.2, -0.15) is 0 Å². The number of nitrogens with one attached hydrogen (secondary N) is 1. The fraction of sp³-hybridized carbons (Fsp3) is 0.556. The lowest BCUT2D eigenvalue weighted by molar-refractivity contribution is 0.0360. The molecule has 1 unspecified atom stereocenters. The van der Waals surface area contributed by atoms with Crippen molar-refractivity contribution in [3.05, 3.63) is 22.5 Å². The average Bonchev–Trinajstić information content (AvgIpc) is 2.23. The van der Waals surface area contributed by atoms with E-state index in [4.69, 9.17) is 4.74 Å². The fourth-order valence-electron chi connectivity index (χ4n) is 1.59. The van der Waals surface area contributed by atoms with Gasteiger partial charge in [0.25, 0.3) is 0 Å². The van der Waals surface area contributed by atoms with Gasteiger partial charge < -0.3 is 20.1 Å². The first kappa shape index (κ1) is 10.0. The smallest absolute Gasteiger partial charge is 0.165 e. The standard InChI is InChI=1S/C9H13BrN2O2/c10-7-5-8(9(13)11-6-7)12-1-3-14-4-2-12/h5-6,9,11,13H,1-4H2. The van der Waals surface area contributed by atoms with Crippen molar-refractivity contribution < 1.29 is 9.84 Å². The summed E-state index contributed by atoms with van der Waals surface area (Å²) in [6.45, 7) is 3.13. The molecule has 78 valence electrons. The van der Waals surface area contributed by atoms with Crippen molar-refractivity contribution in [3.63, 3.8) is 0 Å². The third kappa shape index (κ3) is 2.10. The van der Waals surface area contributed by atoms with Gasteiger partial charge in [0.1, 0.15) is 0 Å². The van der Waals surface area contributed by atoms with Gasteiger partial charge in [-0.15, -0.1) is 0 Å². The number of aliphatic hydroxyl groups excluding tert-OH is 1. The third-order valence-corrected chi connectivity index (χ3v) is 2.78. The number of ether oxygens (including phenoxy) is 1. The first-order chi connectivity index (χ1) is 6.77. The number of nitrogens with zero attached hydrogens (tertiary/aromatic N) is 1. The molecule has 1 atom stereocenters. The Morgan fingerprint density at radius 2 is 2.21 bits per heavy atom. The largest absolute Gasteiger partial charge is 0.378 e. The molecule has 2 aliphatic rings. The molecule has 0 amide bonds. The highest BCUT2D eigenvalue weighted by atomic mass is 79.9. The number of dihydropyridines is 1. The molecule has 2 aliphatic heterocycles. The minimum absolute atomic E-state index is 0.602. The van der Waals surface area contributed by atoms with E-state index in [1.807, 2.05) is 6.08 Å². The second-order valence-electron chi connectivity index (χ2n) is 3.27. The number of aliphatic hydroxyl groups is 1. The molecule has 0 aromatic heterocycles. The van der Waals surface area contributed by atoms with Gasteiger partial charge in [0, 0.05) is 23.8 Å². The van der Waals surface area contributed by atoms with Crippen molar-refractivity contribution in [1.82, 2.24) is 10.2 Å². The van der Waals surface area contributed by atoms with Crippen LogP contribution in [0.15, 0.2) is 22.5 Å². The molecule has 1 fully saturated rings. The Labute approximate surface area is 91.4 Å². The highest BCUT2D eigenvalue weighted by Crippen LogP contribution is 2.19. The highest BCUT2D eigenvalue weighted by Gasteiger charge is 2.21. The van der Waals surface area contributed by atoms with Crippen molar-refractivity contribution in [3.8, 4) is 0 Å². The number of hydrogen-bond donors (Lipinski definition) is 2. The van der Waals surface area contributed by atoms with Crippen LogP contribution in [0, 0.1) is 0 Å². The molecule has 0 saturated carbocycles. The quantitative estimate of drug-likeness (QED) is 0.715. The van der Waals surface area contributed by atoms with Gasteiger partial charge in [0.15, 0.2) is 6.23 Å². The van der Waals surface area contributed by atoms with Crippen molar-refractivity contribution in [2.24, 2.45) is 0 Å². The minimum Gasteiger partial charge on any atom is -0.378 e. The van der Waals surface area contributed by atoms with Gasteiger partial charge in [-0.3, -0.25) is 0 Å². The number of allylic oxidation sites excluding steroid dienone is 2. The molecular weight excluding hydrogens is 248 g/mol. The van der Waals surface area contributed by atoms with Crippen molar-refractivity contribution in [2.75, 3.05) is 26.3 Å². The van der Waals surface area contributed by atoms with Crippen molar-refractivity contribution >= 4 is 15.9 Å². The Morgan fingerprint density at radius 3 is 2.93 bits per heavy atom. The third-order valence-electron chi connectivity index (χ3n) is 2.32. The summed E-state index contributed by atoms with van der Waals surface area (Å²) in [6.07, 6.45) is 3.08. The Balaban J connectivity index is 2.10. The van der Waals surface area contributed by atoms with Crippen molar-refractivity contribution in [1.29, 1.82) is 0 Å². The molecule has 2 N–H and O–H groups in total. The first-order valence-electron chi connectivity index (χ1n) is 4.61. The molecular formula is C9H13BrN2O2.